The molecule has 0 spiro atoms. The zero-order valence-electron chi connectivity index (χ0n) is 13.5. The summed E-state index contributed by atoms with van der Waals surface area (Å²) >= 11 is 0. The first-order valence-electron chi connectivity index (χ1n) is 7.74. The first kappa shape index (κ1) is 15.8. The summed E-state index contributed by atoms with van der Waals surface area (Å²) in [5.74, 6) is -1.21. The van der Waals surface area contributed by atoms with Gasteiger partial charge in [0, 0.05) is 24.8 Å². The van der Waals surface area contributed by atoms with Gasteiger partial charge >= 0.3 is 0 Å². The molecule has 1 aromatic carbocycles. The molecule has 1 aliphatic rings. The van der Waals surface area contributed by atoms with E-state index >= 15 is 0 Å². The van der Waals surface area contributed by atoms with Crippen LogP contribution < -0.4 is 21.5 Å². The molecule has 2 amide bonds. The summed E-state index contributed by atoms with van der Waals surface area (Å²) in [7, 11) is 0. The maximum atomic E-state index is 12.5. The molecule has 0 unspecified atom stereocenters. The Morgan fingerprint density at radius 3 is 2.46 bits per heavy atom. The van der Waals surface area contributed by atoms with E-state index in [1.54, 1.807) is 6.07 Å². The molecule has 3 rings (SSSR count). The minimum Gasteiger partial charge on any atom is -0.384 e. The predicted molar refractivity (Wildman–Crippen MR) is 91.8 cm³/mol. The van der Waals surface area contributed by atoms with Gasteiger partial charge in [0.05, 0.1) is 16.8 Å². The second-order valence-corrected chi connectivity index (χ2v) is 5.47. The van der Waals surface area contributed by atoms with Crippen molar-refractivity contribution in [1.29, 1.82) is 0 Å². The number of aromatic nitrogens is 1. The average molecular weight is 326 g/mol. The number of benzene rings is 1. The molecule has 0 aliphatic carbocycles. The van der Waals surface area contributed by atoms with E-state index in [1.165, 1.54) is 4.57 Å². The smallest absolute Gasteiger partial charge is 0.262 e. The normalized spacial score (nSPS) is 12.9. The molecule has 0 bridgehead atoms. The quantitative estimate of drug-likeness (QED) is 0.822. The van der Waals surface area contributed by atoms with Crippen LogP contribution in [-0.2, 0) is 0 Å². The van der Waals surface area contributed by atoms with Gasteiger partial charge in [-0.1, -0.05) is 6.07 Å². The fraction of sp³-hybridized carbons (Fsp3) is 0.235. The number of hydrogen-bond acceptors (Lipinski definition) is 5. The van der Waals surface area contributed by atoms with Crippen molar-refractivity contribution in [1.82, 2.24) is 9.88 Å². The number of fused-ring (bicyclic) bond motifs is 1. The zero-order chi connectivity index (χ0) is 17.4. The number of carbonyl (C=O) groups excluding carboxylic acids is 2. The van der Waals surface area contributed by atoms with Crippen LogP contribution in [0.1, 0.15) is 34.6 Å². The summed E-state index contributed by atoms with van der Waals surface area (Å²) in [6, 6.07) is 8.50. The maximum Gasteiger partial charge on any atom is 0.262 e. The van der Waals surface area contributed by atoms with Crippen LogP contribution in [0.3, 0.4) is 0 Å². The van der Waals surface area contributed by atoms with Crippen LogP contribution in [0, 0.1) is 0 Å². The lowest BCUT2D eigenvalue weighted by Gasteiger charge is -2.22. The lowest BCUT2D eigenvalue weighted by atomic mass is 10.1. The molecule has 24 heavy (non-hydrogen) atoms. The van der Waals surface area contributed by atoms with Crippen LogP contribution in [0.4, 0.5) is 11.5 Å². The number of nitrogens with one attached hydrogen (secondary N) is 1. The summed E-state index contributed by atoms with van der Waals surface area (Å²) in [6.07, 6.45) is 0. The van der Waals surface area contributed by atoms with E-state index in [0.29, 0.717) is 5.69 Å². The van der Waals surface area contributed by atoms with Crippen molar-refractivity contribution in [3.63, 3.8) is 0 Å². The highest BCUT2D eigenvalue weighted by atomic mass is 16.2. The highest BCUT2D eigenvalue weighted by Crippen LogP contribution is 2.24. The van der Waals surface area contributed by atoms with Gasteiger partial charge in [-0.15, -0.1) is 0 Å². The molecular weight excluding hydrogens is 308 g/mol. The summed E-state index contributed by atoms with van der Waals surface area (Å²) < 4.78 is 1.25. The van der Waals surface area contributed by atoms with Gasteiger partial charge < -0.3 is 10.6 Å². The van der Waals surface area contributed by atoms with Crippen LogP contribution in [-0.4, -0.2) is 29.5 Å². The average Bonchev–Trinajstić information content (AvgIpc) is 2.83. The van der Waals surface area contributed by atoms with E-state index in [4.69, 9.17) is 5.73 Å². The molecular formula is C17H18N4O3. The van der Waals surface area contributed by atoms with Crippen molar-refractivity contribution in [3.05, 3.63) is 51.8 Å². The number of hydrogen-bond donors (Lipinski definition) is 2. The molecule has 0 saturated heterocycles. The Bertz CT molecular complexity index is 897. The number of carbonyl (C=O) groups is 2. The molecule has 0 atom stereocenters. The van der Waals surface area contributed by atoms with Gasteiger partial charge in [-0.3, -0.25) is 24.3 Å². The Balaban J connectivity index is 2.20. The molecule has 0 radical (unpaired) electrons. The van der Waals surface area contributed by atoms with Crippen LogP contribution in [0.15, 0.2) is 35.1 Å². The van der Waals surface area contributed by atoms with Crippen molar-refractivity contribution in [2.45, 2.75) is 13.8 Å². The van der Waals surface area contributed by atoms with E-state index in [1.807, 2.05) is 32.0 Å². The number of nitrogens with zero attached hydrogens (tertiary/aromatic N) is 2. The highest BCUT2D eigenvalue weighted by Gasteiger charge is 2.31. The second-order valence-electron chi connectivity index (χ2n) is 5.47. The largest absolute Gasteiger partial charge is 0.384 e. The Morgan fingerprint density at radius 2 is 1.79 bits per heavy atom. The number of nitrogen functional groups attached to an aromatic ring is 1. The second kappa shape index (κ2) is 5.84. The minimum atomic E-state index is -0.595. The van der Waals surface area contributed by atoms with E-state index in [-0.39, 0.29) is 16.9 Å². The summed E-state index contributed by atoms with van der Waals surface area (Å²) in [5.41, 5.74) is 7.17. The zero-order valence-corrected chi connectivity index (χ0v) is 13.5. The van der Waals surface area contributed by atoms with Gasteiger partial charge in [0.2, 0.25) is 0 Å². The Kier molecular flexibility index (Phi) is 3.84. The van der Waals surface area contributed by atoms with E-state index in [2.05, 4.69) is 10.2 Å². The molecule has 1 aliphatic heterocycles. The fourth-order valence-electron chi connectivity index (χ4n) is 2.96. The van der Waals surface area contributed by atoms with Gasteiger partial charge in [-0.2, -0.15) is 0 Å². The van der Waals surface area contributed by atoms with Crippen molar-refractivity contribution in [2.75, 3.05) is 23.7 Å². The highest BCUT2D eigenvalue weighted by molar-refractivity contribution is 6.23. The monoisotopic (exact) mass is 326 g/mol. The van der Waals surface area contributed by atoms with Gasteiger partial charge in [-0.05, 0) is 32.0 Å². The number of pyridine rings is 1. The van der Waals surface area contributed by atoms with E-state index < -0.39 is 17.4 Å². The number of amides is 2. The third kappa shape index (κ3) is 2.34. The SMILES string of the molecule is CCN(CC)c1cccc(-n2c(N)c3c(cc2=O)C(=O)NC3=O)c1. The summed E-state index contributed by atoms with van der Waals surface area (Å²) in [6.45, 7) is 5.74. The van der Waals surface area contributed by atoms with Crippen LogP contribution in [0.2, 0.25) is 0 Å². The molecule has 124 valence electrons. The molecule has 7 nitrogen and oxygen atoms in total. The Labute approximate surface area is 138 Å². The van der Waals surface area contributed by atoms with Gasteiger partial charge in [0.25, 0.3) is 17.4 Å². The van der Waals surface area contributed by atoms with Gasteiger partial charge in [0.15, 0.2) is 0 Å². The van der Waals surface area contributed by atoms with Crippen molar-refractivity contribution >= 4 is 23.3 Å². The number of anilines is 2. The molecule has 2 aromatic rings. The lowest BCUT2D eigenvalue weighted by Crippen LogP contribution is -2.25. The molecule has 0 fully saturated rings. The van der Waals surface area contributed by atoms with Crippen molar-refractivity contribution in [3.8, 4) is 5.69 Å². The minimum absolute atomic E-state index is 0.0265. The van der Waals surface area contributed by atoms with Crippen LogP contribution in [0.25, 0.3) is 5.69 Å². The predicted octanol–water partition coefficient (Wildman–Crippen LogP) is 1.15. The standard InChI is InChI=1S/C17H18N4O3/c1-3-20(4-2)10-6-5-7-11(8-10)21-13(22)9-12-14(15(21)18)17(24)19-16(12)23/h5-9H,3-4,18H2,1-2H3,(H,19,23,24). The van der Waals surface area contributed by atoms with E-state index in [9.17, 15) is 14.4 Å². The summed E-state index contributed by atoms with van der Waals surface area (Å²) in [5, 5.41) is 2.16. The van der Waals surface area contributed by atoms with Gasteiger partial charge in [0.1, 0.15) is 5.82 Å². The Morgan fingerprint density at radius 1 is 1.08 bits per heavy atom. The molecule has 3 N–H and O–H groups in total. The van der Waals surface area contributed by atoms with Gasteiger partial charge in [-0.25, -0.2) is 0 Å². The summed E-state index contributed by atoms with van der Waals surface area (Å²) in [4.78, 5) is 38.2. The molecule has 0 saturated carbocycles. The molecule has 7 heteroatoms. The first-order valence-corrected chi connectivity index (χ1v) is 7.74. The number of nitrogens with two attached hydrogens (primary N) is 1. The molecule has 2 heterocycles. The maximum absolute atomic E-state index is 12.5. The third-order valence-corrected chi connectivity index (χ3v) is 4.17. The third-order valence-electron chi connectivity index (χ3n) is 4.17. The fourth-order valence-corrected chi connectivity index (χ4v) is 2.96. The topological polar surface area (TPSA) is 97.4 Å². The molecule has 1 aromatic heterocycles. The van der Waals surface area contributed by atoms with Crippen molar-refractivity contribution < 1.29 is 9.59 Å². The van der Waals surface area contributed by atoms with Crippen LogP contribution in [0.5, 0.6) is 0 Å². The van der Waals surface area contributed by atoms with Crippen molar-refractivity contribution in [2.24, 2.45) is 0 Å². The lowest BCUT2D eigenvalue weighted by molar-refractivity contribution is 0.0880. The van der Waals surface area contributed by atoms with E-state index in [0.717, 1.165) is 24.8 Å². The first-order chi connectivity index (χ1) is 11.5. The Hall–Kier alpha value is -3.09. The van der Waals surface area contributed by atoms with Crippen LogP contribution >= 0.6 is 0 Å². The number of rotatable bonds is 4. The number of imide groups is 1.